The molecule has 2 atom stereocenters. The molecule has 2 aliphatic carbocycles. The van der Waals surface area contributed by atoms with Gasteiger partial charge in [-0.25, -0.2) is 0 Å². The van der Waals surface area contributed by atoms with Crippen LogP contribution in [-0.4, -0.2) is 11.2 Å². The molecule has 2 aromatic carbocycles. The summed E-state index contributed by atoms with van der Waals surface area (Å²) in [6.45, 7) is 4.29. The Morgan fingerprint density at radius 1 is 1.10 bits per heavy atom. The lowest BCUT2D eigenvalue weighted by atomic mass is 9.63. The molecular formula is C28H26N2O. The number of benzene rings is 2. The van der Waals surface area contributed by atoms with E-state index in [4.69, 9.17) is 4.99 Å². The van der Waals surface area contributed by atoms with Gasteiger partial charge < -0.3 is 4.98 Å². The number of rotatable bonds is 3. The summed E-state index contributed by atoms with van der Waals surface area (Å²) in [5.74, 6) is 0.281. The number of allylic oxidation sites excluding steroid dienone is 3. The van der Waals surface area contributed by atoms with Crippen molar-refractivity contribution < 1.29 is 0 Å². The monoisotopic (exact) mass is 406 g/mol. The quantitative estimate of drug-likeness (QED) is 0.422. The summed E-state index contributed by atoms with van der Waals surface area (Å²) in [6.07, 6.45) is 12.3. The number of fused-ring (bicyclic) bond motifs is 5. The first kappa shape index (κ1) is 19.5. The van der Waals surface area contributed by atoms with Crippen LogP contribution in [0.3, 0.4) is 0 Å². The largest absolute Gasteiger partial charge is 0.326 e. The lowest BCUT2D eigenvalue weighted by molar-refractivity contribution is 0.413. The van der Waals surface area contributed by atoms with E-state index in [1.54, 1.807) is 6.07 Å². The lowest BCUT2D eigenvalue weighted by Crippen LogP contribution is -2.40. The number of aromatic amines is 1. The van der Waals surface area contributed by atoms with Gasteiger partial charge in [0, 0.05) is 35.9 Å². The van der Waals surface area contributed by atoms with Crippen molar-refractivity contribution in [2.24, 2.45) is 10.9 Å². The average Bonchev–Trinajstić information content (AvgIpc) is 2.76. The number of hydrogen-bond acceptors (Lipinski definition) is 2. The third-order valence-corrected chi connectivity index (χ3v) is 6.56. The summed E-state index contributed by atoms with van der Waals surface area (Å²) < 4.78 is 0. The number of pyridine rings is 1. The van der Waals surface area contributed by atoms with Gasteiger partial charge in [-0.15, -0.1) is 0 Å². The molecule has 2 aliphatic rings. The van der Waals surface area contributed by atoms with E-state index in [0.29, 0.717) is 0 Å². The van der Waals surface area contributed by atoms with Crippen LogP contribution in [0.15, 0.2) is 93.8 Å². The number of nitrogens with one attached hydrogen (secondary N) is 1. The molecule has 0 saturated heterocycles. The van der Waals surface area contributed by atoms with Crippen molar-refractivity contribution >= 4 is 23.1 Å². The maximum atomic E-state index is 12.0. The normalized spacial score (nSPS) is 24.1. The summed E-state index contributed by atoms with van der Waals surface area (Å²) in [4.78, 5) is 20.2. The molecule has 1 aromatic heterocycles. The van der Waals surface area contributed by atoms with Crippen LogP contribution in [0, 0.1) is 5.92 Å². The van der Waals surface area contributed by atoms with Gasteiger partial charge in [-0.1, -0.05) is 66.3 Å². The molecule has 0 unspecified atom stereocenters. The fourth-order valence-corrected chi connectivity index (χ4v) is 5.37. The highest BCUT2D eigenvalue weighted by Crippen LogP contribution is 2.51. The number of nitrogens with zero attached hydrogens (tertiary/aromatic N) is 1. The van der Waals surface area contributed by atoms with Crippen LogP contribution in [-0.2, 0) is 12.0 Å². The van der Waals surface area contributed by atoms with E-state index in [0.717, 1.165) is 24.1 Å². The van der Waals surface area contributed by atoms with Crippen LogP contribution in [0.25, 0.3) is 16.8 Å². The van der Waals surface area contributed by atoms with Crippen LogP contribution in [0.1, 0.15) is 37.1 Å². The minimum atomic E-state index is -0.445. The van der Waals surface area contributed by atoms with Gasteiger partial charge >= 0.3 is 0 Å². The van der Waals surface area contributed by atoms with Crippen molar-refractivity contribution in [3.8, 4) is 0 Å². The van der Waals surface area contributed by atoms with E-state index in [9.17, 15) is 4.79 Å². The minimum absolute atomic E-state index is 0.0450. The van der Waals surface area contributed by atoms with E-state index < -0.39 is 5.54 Å². The van der Waals surface area contributed by atoms with Gasteiger partial charge in [0.2, 0.25) is 5.56 Å². The molecule has 154 valence electrons. The molecule has 0 spiro atoms. The van der Waals surface area contributed by atoms with Gasteiger partial charge in [-0.3, -0.25) is 9.79 Å². The predicted octanol–water partition coefficient (Wildman–Crippen LogP) is 5.98. The maximum Gasteiger partial charge on any atom is 0.248 e. The summed E-state index contributed by atoms with van der Waals surface area (Å²) in [6, 6.07) is 18.4. The smallest absolute Gasteiger partial charge is 0.248 e. The van der Waals surface area contributed by atoms with Crippen molar-refractivity contribution in [3.05, 3.63) is 111 Å². The standard InChI is InChI=1S/C28H26N2O/c1-3-24-22-16-19(2)18-28(24,25-13-14-27(31)30-26(25)17-22)29-15-7-11-21-10-6-9-20-8-4-5-12-23(20)21/h3-16,22H,17-18H2,1-2H3,(H,30,31)/b11-7+,24-3+,29-15+/t22-,28+/m0/s1. The van der Waals surface area contributed by atoms with Gasteiger partial charge in [0.25, 0.3) is 0 Å². The molecule has 0 fully saturated rings. The van der Waals surface area contributed by atoms with Crippen LogP contribution >= 0.6 is 0 Å². The topological polar surface area (TPSA) is 45.2 Å². The SMILES string of the molecule is C/C=C1\[C@H]2C=C(C)C[C@]1(/N=C/C=C/c1cccc3ccccc13)c1ccc(=O)[nH]c1C2. The Morgan fingerprint density at radius 2 is 1.94 bits per heavy atom. The Morgan fingerprint density at radius 3 is 2.81 bits per heavy atom. The fourth-order valence-electron chi connectivity index (χ4n) is 5.37. The predicted molar refractivity (Wildman–Crippen MR) is 130 cm³/mol. The third-order valence-electron chi connectivity index (χ3n) is 6.56. The van der Waals surface area contributed by atoms with E-state index in [2.05, 4.69) is 79.5 Å². The summed E-state index contributed by atoms with van der Waals surface area (Å²) in [5, 5.41) is 2.47. The number of H-pyrrole nitrogens is 1. The second-order valence-electron chi connectivity index (χ2n) is 8.53. The number of hydrogen-bond donors (Lipinski definition) is 1. The van der Waals surface area contributed by atoms with E-state index in [1.165, 1.54) is 27.5 Å². The van der Waals surface area contributed by atoms with Gasteiger partial charge in [0.15, 0.2) is 0 Å². The summed E-state index contributed by atoms with van der Waals surface area (Å²) in [5.41, 5.74) is 5.51. The number of aliphatic imine (C=N–C) groups is 1. The maximum absolute atomic E-state index is 12.0. The first-order chi connectivity index (χ1) is 15.1. The Balaban J connectivity index is 1.57. The minimum Gasteiger partial charge on any atom is -0.326 e. The first-order valence-corrected chi connectivity index (χ1v) is 10.9. The van der Waals surface area contributed by atoms with Crippen molar-refractivity contribution in [2.75, 3.05) is 0 Å². The Labute approximate surface area is 182 Å². The average molecular weight is 407 g/mol. The zero-order valence-electron chi connectivity index (χ0n) is 17.9. The molecule has 3 aromatic rings. The van der Waals surface area contributed by atoms with Crippen LogP contribution in [0.5, 0.6) is 0 Å². The second-order valence-corrected chi connectivity index (χ2v) is 8.53. The van der Waals surface area contributed by atoms with Crippen LogP contribution < -0.4 is 5.56 Å². The van der Waals surface area contributed by atoms with E-state index >= 15 is 0 Å². The highest BCUT2D eigenvalue weighted by atomic mass is 16.1. The van der Waals surface area contributed by atoms with Crippen LogP contribution in [0.2, 0.25) is 0 Å². The Hall–Kier alpha value is -3.46. The zero-order chi connectivity index (χ0) is 21.4. The summed E-state index contributed by atoms with van der Waals surface area (Å²) >= 11 is 0. The first-order valence-electron chi connectivity index (χ1n) is 10.9. The highest BCUT2D eigenvalue weighted by Gasteiger charge is 2.46. The lowest BCUT2D eigenvalue weighted by Gasteiger charge is -2.45. The molecule has 0 aliphatic heterocycles. The molecule has 0 amide bonds. The molecule has 3 heteroatoms. The summed E-state index contributed by atoms with van der Waals surface area (Å²) in [7, 11) is 0. The fraction of sp³-hybridized carbons (Fsp3) is 0.214. The van der Waals surface area contributed by atoms with Crippen molar-refractivity contribution in [3.63, 3.8) is 0 Å². The molecule has 2 bridgehead atoms. The zero-order valence-corrected chi connectivity index (χ0v) is 17.9. The van der Waals surface area contributed by atoms with Gasteiger partial charge in [-0.05, 0) is 54.3 Å². The van der Waals surface area contributed by atoms with Gasteiger partial charge in [0.05, 0.1) is 0 Å². The molecule has 0 saturated carbocycles. The molecule has 3 nitrogen and oxygen atoms in total. The Kier molecular flexibility index (Phi) is 4.82. The number of aromatic nitrogens is 1. The van der Waals surface area contributed by atoms with E-state index in [-0.39, 0.29) is 11.5 Å². The molecule has 1 N–H and O–H groups in total. The van der Waals surface area contributed by atoms with E-state index in [1.807, 2.05) is 18.4 Å². The van der Waals surface area contributed by atoms with Crippen molar-refractivity contribution in [2.45, 2.75) is 32.2 Å². The van der Waals surface area contributed by atoms with Gasteiger partial charge in [-0.2, -0.15) is 0 Å². The molecule has 1 heterocycles. The second kappa shape index (κ2) is 7.66. The van der Waals surface area contributed by atoms with Crippen LogP contribution in [0.4, 0.5) is 0 Å². The van der Waals surface area contributed by atoms with Crippen molar-refractivity contribution in [1.82, 2.24) is 4.98 Å². The Bertz CT molecular complexity index is 1330. The van der Waals surface area contributed by atoms with Crippen molar-refractivity contribution in [1.29, 1.82) is 0 Å². The molecule has 31 heavy (non-hydrogen) atoms. The molecular weight excluding hydrogens is 380 g/mol. The molecule has 0 radical (unpaired) electrons. The highest BCUT2D eigenvalue weighted by molar-refractivity contribution is 5.92. The van der Waals surface area contributed by atoms with Gasteiger partial charge in [0.1, 0.15) is 5.54 Å². The third kappa shape index (κ3) is 3.31. The molecule has 5 rings (SSSR count).